The van der Waals surface area contributed by atoms with E-state index in [1.807, 2.05) is 25.1 Å². The van der Waals surface area contributed by atoms with E-state index < -0.39 is 0 Å². The lowest BCUT2D eigenvalue weighted by Gasteiger charge is -2.36. The Kier molecular flexibility index (Phi) is 13.6. The van der Waals surface area contributed by atoms with E-state index >= 15 is 0 Å². The molecule has 0 heterocycles. The molecule has 0 N–H and O–H groups in total. The van der Waals surface area contributed by atoms with E-state index in [1.165, 1.54) is 56.1 Å². The Morgan fingerprint density at radius 3 is 2.11 bits per heavy atom. The minimum Gasteiger partial charge on any atom is -0.491 e. The van der Waals surface area contributed by atoms with Crippen LogP contribution in [0, 0.1) is 0 Å². The maximum Gasteiger partial charge on any atom is 0.364 e. The second kappa shape index (κ2) is 16.4. The number of quaternary nitrogens is 1. The third-order valence-electron chi connectivity index (χ3n) is 7.03. The molecule has 36 heavy (non-hydrogen) atoms. The van der Waals surface area contributed by atoms with Crippen LogP contribution in [-0.2, 0) is 22.5 Å². The highest BCUT2D eigenvalue weighted by Crippen LogP contribution is 2.19. The number of benzene rings is 2. The zero-order chi connectivity index (χ0) is 26.2. The molecule has 0 fully saturated rings. The molecule has 0 aromatic heterocycles. The first-order chi connectivity index (χ1) is 17.4. The van der Waals surface area contributed by atoms with Crippen molar-refractivity contribution in [2.75, 3.05) is 20.7 Å². The van der Waals surface area contributed by atoms with Gasteiger partial charge in [-0.05, 0) is 37.5 Å². The van der Waals surface area contributed by atoms with Gasteiger partial charge < -0.3 is 14.0 Å². The Balaban J connectivity index is 1.69. The number of likely N-dealkylation sites (N-methyl/N-ethyl adjacent to an activating group) is 1. The van der Waals surface area contributed by atoms with E-state index in [2.05, 4.69) is 64.3 Å². The van der Waals surface area contributed by atoms with Crippen LogP contribution in [0.25, 0.3) is 0 Å². The molecule has 4 heteroatoms. The van der Waals surface area contributed by atoms with Crippen molar-refractivity contribution < 1.29 is 18.8 Å². The lowest BCUT2D eigenvalue weighted by molar-refractivity contribution is -0.919. The third-order valence-corrected chi connectivity index (χ3v) is 7.03. The molecule has 200 valence electrons. The maximum absolute atomic E-state index is 12.9. The molecule has 0 aliphatic rings. The van der Waals surface area contributed by atoms with Gasteiger partial charge in [-0.1, -0.05) is 94.8 Å². The van der Waals surface area contributed by atoms with E-state index in [9.17, 15) is 4.79 Å². The van der Waals surface area contributed by atoms with E-state index in [-0.39, 0.29) is 18.1 Å². The molecule has 2 unspecified atom stereocenters. The smallest absolute Gasteiger partial charge is 0.364 e. The molecule has 2 aromatic rings. The van der Waals surface area contributed by atoms with Gasteiger partial charge >= 0.3 is 5.97 Å². The van der Waals surface area contributed by atoms with Crippen molar-refractivity contribution in [2.45, 2.75) is 104 Å². The van der Waals surface area contributed by atoms with Crippen LogP contribution < -0.4 is 4.74 Å². The van der Waals surface area contributed by atoms with Crippen LogP contribution in [0.5, 0.6) is 5.75 Å². The number of carbonyl (C=O) groups excluding carboxylic acids is 1. The van der Waals surface area contributed by atoms with Crippen LogP contribution in [0.2, 0.25) is 0 Å². The van der Waals surface area contributed by atoms with Crippen molar-refractivity contribution in [1.82, 2.24) is 0 Å². The normalized spacial score (nSPS) is 13.2. The topological polar surface area (TPSA) is 35.5 Å². The highest BCUT2D eigenvalue weighted by atomic mass is 16.5. The van der Waals surface area contributed by atoms with E-state index in [0.29, 0.717) is 17.5 Å². The summed E-state index contributed by atoms with van der Waals surface area (Å²) >= 11 is 0. The molecule has 2 aromatic carbocycles. The molecule has 0 aliphatic carbocycles. The van der Waals surface area contributed by atoms with Crippen molar-refractivity contribution in [3.63, 3.8) is 0 Å². The van der Waals surface area contributed by atoms with Crippen LogP contribution >= 0.6 is 0 Å². The molecular formula is C32H50NO3+. The Labute approximate surface area is 220 Å². The minimum atomic E-state index is -0.190. The predicted octanol–water partition coefficient (Wildman–Crippen LogP) is 7.74. The Bertz CT molecular complexity index is 847. The lowest BCUT2D eigenvalue weighted by atomic mass is 10.0. The quantitative estimate of drug-likeness (QED) is 0.120. The van der Waals surface area contributed by atoms with Gasteiger partial charge in [0.25, 0.3) is 0 Å². The maximum atomic E-state index is 12.9. The number of hydrogen-bond acceptors (Lipinski definition) is 3. The number of hydrogen-bond donors (Lipinski definition) is 0. The van der Waals surface area contributed by atoms with Gasteiger partial charge in [0, 0.05) is 18.4 Å². The zero-order valence-electron chi connectivity index (χ0n) is 23.5. The second-order valence-corrected chi connectivity index (χ2v) is 10.7. The summed E-state index contributed by atoms with van der Waals surface area (Å²) in [4.78, 5) is 12.9. The number of aryl methyl sites for hydroxylation is 1. The summed E-state index contributed by atoms with van der Waals surface area (Å²) in [5.41, 5.74) is 2.60. The van der Waals surface area contributed by atoms with E-state index in [4.69, 9.17) is 9.47 Å². The molecule has 0 amide bonds. The molecule has 0 spiro atoms. The van der Waals surface area contributed by atoms with Crippen molar-refractivity contribution in [1.29, 1.82) is 0 Å². The molecule has 2 rings (SSSR count). The minimum absolute atomic E-state index is 0.0151. The van der Waals surface area contributed by atoms with Crippen molar-refractivity contribution in [2.24, 2.45) is 0 Å². The highest BCUT2D eigenvalue weighted by Gasteiger charge is 2.34. The first-order valence-corrected chi connectivity index (χ1v) is 14.1. The van der Waals surface area contributed by atoms with Gasteiger partial charge in [-0.3, -0.25) is 0 Å². The van der Waals surface area contributed by atoms with E-state index in [1.54, 1.807) is 0 Å². The monoisotopic (exact) mass is 496 g/mol. The average molecular weight is 497 g/mol. The largest absolute Gasteiger partial charge is 0.491 e. The van der Waals surface area contributed by atoms with Gasteiger partial charge in [0.05, 0.1) is 26.8 Å². The summed E-state index contributed by atoms with van der Waals surface area (Å²) < 4.78 is 12.3. The zero-order valence-corrected chi connectivity index (χ0v) is 23.5. The number of ether oxygens (including phenoxy) is 2. The fraction of sp³-hybridized carbons (Fsp3) is 0.594. The summed E-state index contributed by atoms with van der Waals surface area (Å²) in [6.07, 6.45) is 11.9. The van der Waals surface area contributed by atoms with Gasteiger partial charge in [-0.25, -0.2) is 4.79 Å². The summed E-state index contributed by atoms with van der Waals surface area (Å²) in [6.45, 7) is 7.52. The average Bonchev–Trinajstić information content (AvgIpc) is 2.85. The van der Waals surface area contributed by atoms with Crippen LogP contribution in [0.4, 0.5) is 0 Å². The van der Waals surface area contributed by atoms with Crippen LogP contribution in [0.3, 0.4) is 0 Å². The summed E-state index contributed by atoms with van der Waals surface area (Å²) in [5.74, 6) is 0.754. The van der Waals surface area contributed by atoms with Gasteiger partial charge in [0.15, 0.2) is 6.04 Å². The van der Waals surface area contributed by atoms with Crippen molar-refractivity contribution in [3.05, 3.63) is 65.7 Å². The molecule has 2 atom stereocenters. The van der Waals surface area contributed by atoms with Crippen LogP contribution in [0.15, 0.2) is 54.6 Å². The molecule has 0 bridgehead atoms. The summed E-state index contributed by atoms with van der Waals surface area (Å²) in [6, 6.07) is 18.6. The molecule has 0 radical (unpaired) electrons. The van der Waals surface area contributed by atoms with Gasteiger partial charge in [-0.15, -0.1) is 0 Å². The molecule has 0 aliphatic heterocycles. The fourth-order valence-electron chi connectivity index (χ4n) is 4.84. The fourth-order valence-corrected chi connectivity index (χ4v) is 4.84. The molecule has 0 saturated carbocycles. The standard InChI is InChI=1S/C32H50NO3/c1-6-8-9-10-11-12-14-17-28-20-22-30(23-21-28)36-27(3)24-25-35-32(34)31(7-2)33(4,5)26-29-18-15-13-16-19-29/h13,15-16,18-23,27,31H,6-12,14,17,24-26H2,1-5H3/q+1. The van der Waals surface area contributed by atoms with Crippen molar-refractivity contribution >= 4 is 5.97 Å². The Morgan fingerprint density at radius 1 is 0.833 bits per heavy atom. The van der Waals surface area contributed by atoms with Crippen LogP contribution in [0.1, 0.15) is 89.7 Å². The molecular weight excluding hydrogens is 446 g/mol. The lowest BCUT2D eigenvalue weighted by Crippen LogP contribution is -2.52. The number of esters is 1. The predicted molar refractivity (Wildman–Crippen MR) is 150 cm³/mol. The van der Waals surface area contributed by atoms with Gasteiger partial charge in [-0.2, -0.15) is 0 Å². The number of nitrogens with zero attached hydrogens (tertiary/aromatic N) is 1. The number of rotatable bonds is 18. The molecule has 0 saturated heterocycles. The van der Waals surface area contributed by atoms with Gasteiger partial charge in [0.2, 0.25) is 0 Å². The second-order valence-electron chi connectivity index (χ2n) is 10.7. The summed E-state index contributed by atoms with van der Waals surface area (Å²) in [7, 11) is 4.21. The van der Waals surface area contributed by atoms with E-state index in [0.717, 1.165) is 25.1 Å². The highest BCUT2D eigenvalue weighted by molar-refractivity contribution is 5.74. The first kappa shape index (κ1) is 29.9. The Morgan fingerprint density at radius 2 is 1.47 bits per heavy atom. The third kappa shape index (κ3) is 11.2. The number of carbonyl (C=O) groups is 1. The van der Waals surface area contributed by atoms with Gasteiger partial charge in [0.1, 0.15) is 12.3 Å². The van der Waals surface area contributed by atoms with Crippen molar-refractivity contribution in [3.8, 4) is 5.75 Å². The SMILES string of the molecule is CCCCCCCCCc1ccc(OC(C)CCOC(=O)C(CC)[N+](C)(C)Cc2ccccc2)cc1. The number of unbranched alkanes of at least 4 members (excludes halogenated alkanes) is 6. The Hall–Kier alpha value is -2.33. The first-order valence-electron chi connectivity index (χ1n) is 14.1. The summed E-state index contributed by atoms with van der Waals surface area (Å²) in [5, 5.41) is 0. The van der Waals surface area contributed by atoms with Crippen LogP contribution in [-0.4, -0.2) is 43.3 Å². The molecule has 4 nitrogen and oxygen atoms in total.